The van der Waals surface area contributed by atoms with Gasteiger partial charge in [0.2, 0.25) is 5.95 Å². The fourth-order valence-electron chi connectivity index (χ4n) is 3.07. The first-order valence-electron chi connectivity index (χ1n) is 10.1. The van der Waals surface area contributed by atoms with Gasteiger partial charge in [0, 0.05) is 34.4 Å². The Bertz CT molecular complexity index is 1190. The highest BCUT2D eigenvalue weighted by Gasteiger charge is 2.07. The number of aryl methyl sites for hydroxylation is 1. The van der Waals surface area contributed by atoms with Crippen LogP contribution >= 0.6 is 0 Å². The summed E-state index contributed by atoms with van der Waals surface area (Å²) >= 11 is 0. The second kappa shape index (κ2) is 9.61. The maximum absolute atomic E-state index is 12.3. The number of nitrogens with zero attached hydrogens (tertiary/aromatic N) is 2. The largest absolute Gasteiger partial charge is 0.497 e. The summed E-state index contributed by atoms with van der Waals surface area (Å²) in [6.45, 7) is 1.91. The Kier molecular flexibility index (Phi) is 6.27. The van der Waals surface area contributed by atoms with Crippen molar-refractivity contribution < 1.29 is 9.53 Å². The first-order chi connectivity index (χ1) is 15.6. The van der Waals surface area contributed by atoms with E-state index in [-0.39, 0.29) is 5.91 Å². The predicted octanol–water partition coefficient (Wildman–Crippen LogP) is 5.53. The number of anilines is 5. The minimum atomic E-state index is -0.150. The third-order valence-corrected chi connectivity index (χ3v) is 4.65. The quantitative estimate of drug-likeness (QED) is 0.361. The molecule has 1 amide bonds. The first kappa shape index (κ1) is 20.9. The van der Waals surface area contributed by atoms with E-state index in [0.29, 0.717) is 23.0 Å². The molecule has 0 aliphatic heterocycles. The molecular formula is C25H23N5O2. The van der Waals surface area contributed by atoms with Gasteiger partial charge in [-0.25, -0.2) is 4.98 Å². The van der Waals surface area contributed by atoms with Crippen molar-refractivity contribution in [3.63, 3.8) is 0 Å². The summed E-state index contributed by atoms with van der Waals surface area (Å²) in [7, 11) is 1.64. The molecule has 0 saturated heterocycles. The summed E-state index contributed by atoms with van der Waals surface area (Å²) < 4.78 is 5.19. The number of methoxy groups -OCH3 is 1. The van der Waals surface area contributed by atoms with Crippen LogP contribution in [0.1, 0.15) is 16.1 Å². The smallest absolute Gasteiger partial charge is 0.255 e. The van der Waals surface area contributed by atoms with Crippen LogP contribution < -0.4 is 20.7 Å². The lowest BCUT2D eigenvalue weighted by atomic mass is 10.2. The van der Waals surface area contributed by atoms with Crippen LogP contribution in [0.5, 0.6) is 5.75 Å². The summed E-state index contributed by atoms with van der Waals surface area (Å²) in [6, 6.07) is 26.0. The summed E-state index contributed by atoms with van der Waals surface area (Å²) in [5.74, 6) is 1.79. The van der Waals surface area contributed by atoms with Crippen molar-refractivity contribution in [1.82, 2.24) is 9.97 Å². The molecule has 160 valence electrons. The summed E-state index contributed by atoms with van der Waals surface area (Å²) in [5.41, 5.74) is 3.85. The van der Waals surface area contributed by atoms with Crippen molar-refractivity contribution >= 4 is 34.7 Å². The van der Waals surface area contributed by atoms with Gasteiger partial charge in [0.25, 0.3) is 5.91 Å². The molecule has 0 radical (unpaired) electrons. The van der Waals surface area contributed by atoms with Crippen molar-refractivity contribution in [3.8, 4) is 5.75 Å². The third-order valence-electron chi connectivity index (χ3n) is 4.65. The van der Waals surface area contributed by atoms with Crippen molar-refractivity contribution in [2.45, 2.75) is 6.92 Å². The van der Waals surface area contributed by atoms with E-state index in [1.165, 1.54) is 0 Å². The molecule has 0 aliphatic carbocycles. The Balaban J connectivity index is 1.42. The van der Waals surface area contributed by atoms with E-state index in [1.54, 1.807) is 19.2 Å². The summed E-state index contributed by atoms with van der Waals surface area (Å²) in [5, 5.41) is 9.37. The number of carbonyl (C=O) groups excluding carboxylic acids is 1. The lowest BCUT2D eigenvalue weighted by Crippen LogP contribution is -2.11. The van der Waals surface area contributed by atoms with Gasteiger partial charge in [0.05, 0.1) is 7.11 Å². The second-order valence-corrected chi connectivity index (χ2v) is 7.09. The molecule has 3 N–H and O–H groups in total. The zero-order chi connectivity index (χ0) is 22.3. The SMILES string of the molecule is COc1ccc(Nc2cc(C)nc(Nc3ccc(NC(=O)c4ccccc4)cc3)n2)cc1. The maximum atomic E-state index is 12.3. The molecule has 0 saturated carbocycles. The summed E-state index contributed by atoms with van der Waals surface area (Å²) in [4.78, 5) is 21.3. The zero-order valence-corrected chi connectivity index (χ0v) is 17.8. The molecule has 0 bridgehead atoms. The number of rotatable bonds is 7. The van der Waals surface area contributed by atoms with Crippen LogP contribution in [0, 0.1) is 6.92 Å². The average Bonchev–Trinajstić information content (AvgIpc) is 2.81. The van der Waals surface area contributed by atoms with E-state index in [9.17, 15) is 4.79 Å². The lowest BCUT2D eigenvalue weighted by molar-refractivity contribution is 0.102. The molecular weight excluding hydrogens is 402 g/mol. The third kappa shape index (κ3) is 5.40. The topological polar surface area (TPSA) is 88.2 Å². The number of nitrogens with one attached hydrogen (secondary N) is 3. The molecule has 0 unspecified atom stereocenters. The van der Waals surface area contributed by atoms with Gasteiger partial charge in [0.15, 0.2) is 0 Å². The van der Waals surface area contributed by atoms with Crippen LogP contribution in [0.15, 0.2) is 84.9 Å². The zero-order valence-electron chi connectivity index (χ0n) is 17.8. The standard InChI is InChI=1S/C25H23N5O2/c1-17-16-23(27-19-12-14-22(32-2)15-13-19)30-25(26-17)29-21-10-8-20(9-11-21)28-24(31)18-6-4-3-5-7-18/h3-16H,1-2H3,(H,28,31)(H2,26,27,29,30). The number of hydrogen-bond acceptors (Lipinski definition) is 6. The van der Waals surface area contributed by atoms with Gasteiger partial charge in [-0.3, -0.25) is 4.79 Å². The minimum absolute atomic E-state index is 0.150. The number of hydrogen-bond donors (Lipinski definition) is 3. The lowest BCUT2D eigenvalue weighted by Gasteiger charge is -2.11. The number of amides is 1. The molecule has 1 aromatic heterocycles. The first-order valence-corrected chi connectivity index (χ1v) is 10.1. The van der Waals surface area contributed by atoms with Gasteiger partial charge in [-0.15, -0.1) is 0 Å². The highest BCUT2D eigenvalue weighted by Crippen LogP contribution is 2.22. The Morgan fingerprint density at radius 1 is 0.781 bits per heavy atom. The molecule has 7 heteroatoms. The molecule has 4 rings (SSSR count). The van der Waals surface area contributed by atoms with Crippen LogP contribution in [-0.4, -0.2) is 23.0 Å². The van der Waals surface area contributed by atoms with E-state index < -0.39 is 0 Å². The highest BCUT2D eigenvalue weighted by atomic mass is 16.5. The normalized spacial score (nSPS) is 10.3. The second-order valence-electron chi connectivity index (χ2n) is 7.09. The van der Waals surface area contributed by atoms with E-state index >= 15 is 0 Å². The van der Waals surface area contributed by atoms with E-state index in [0.717, 1.165) is 22.8 Å². The fraction of sp³-hybridized carbons (Fsp3) is 0.0800. The van der Waals surface area contributed by atoms with Crippen LogP contribution in [0.25, 0.3) is 0 Å². The molecule has 1 heterocycles. The monoisotopic (exact) mass is 425 g/mol. The van der Waals surface area contributed by atoms with Gasteiger partial charge >= 0.3 is 0 Å². The maximum Gasteiger partial charge on any atom is 0.255 e. The van der Waals surface area contributed by atoms with Gasteiger partial charge in [0.1, 0.15) is 11.6 Å². The van der Waals surface area contributed by atoms with Crippen LogP contribution in [0.2, 0.25) is 0 Å². The highest BCUT2D eigenvalue weighted by molar-refractivity contribution is 6.04. The van der Waals surface area contributed by atoms with E-state index in [4.69, 9.17) is 4.74 Å². The molecule has 7 nitrogen and oxygen atoms in total. The van der Waals surface area contributed by atoms with Crippen LogP contribution in [0.4, 0.5) is 28.8 Å². The molecule has 0 atom stereocenters. The molecule has 0 spiro atoms. The average molecular weight is 425 g/mol. The molecule has 0 fully saturated rings. The van der Waals surface area contributed by atoms with Crippen molar-refractivity contribution in [3.05, 3.63) is 96.2 Å². The van der Waals surface area contributed by atoms with Crippen LogP contribution in [0.3, 0.4) is 0 Å². The number of ether oxygens (including phenoxy) is 1. The van der Waals surface area contributed by atoms with E-state index in [1.807, 2.05) is 79.7 Å². The number of aromatic nitrogens is 2. The molecule has 0 aliphatic rings. The molecule has 4 aromatic rings. The Morgan fingerprint density at radius 3 is 2.09 bits per heavy atom. The Labute approximate surface area is 186 Å². The van der Waals surface area contributed by atoms with Gasteiger partial charge in [-0.1, -0.05) is 18.2 Å². The minimum Gasteiger partial charge on any atom is -0.497 e. The fourth-order valence-corrected chi connectivity index (χ4v) is 3.07. The Hall–Kier alpha value is -4.39. The number of carbonyl (C=O) groups is 1. The van der Waals surface area contributed by atoms with Crippen molar-refractivity contribution in [2.24, 2.45) is 0 Å². The van der Waals surface area contributed by atoms with Crippen molar-refractivity contribution in [1.29, 1.82) is 0 Å². The van der Waals surface area contributed by atoms with Gasteiger partial charge in [-0.2, -0.15) is 4.98 Å². The molecule has 32 heavy (non-hydrogen) atoms. The summed E-state index contributed by atoms with van der Waals surface area (Å²) in [6.07, 6.45) is 0. The molecule has 3 aromatic carbocycles. The van der Waals surface area contributed by atoms with Gasteiger partial charge in [-0.05, 0) is 67.6 Å². The Morgan fingerprint density at radius 2 is 1.41 bits per heavy atom. The van der Waals surface area contributed by atoms with Crippen LogP contribution in [-0.2, 0) is 0 Å². The van der Waals surface area contributed by atoms with Crippen molar-refractivity contribution in [2.75, 3.05) is 23.1 Å². The predicted molar refractivity (Wildman–Crippen MR) is 127 cm³/mol. The van der Waals surface area contributed by atoms with Gasteiger partial charge < -0.3 is 20.7 Å². The van der Waals surface area contributed by atoms with E-state index in [2.05, 4.69) is 25.9 Å². The number of benzene rings is 3.